The van der Waals surface area contributed by atoms with E-state index in [4.69, 9.17) is 5.73 Å². The number of benzene rings is 1. The Balaban J connectivity index is 1.87. The van der Waals surface area contributed by atoms with Crippen molar-refractivity contribution in [2.75, 3.05) is 6.54 Å². The SMILES string of the molecule is Cc1c(C(=O)NC(C)(CN)C2CC2)nnn1-c1cccc([N+](=O)[O-])c1. The molecule has 1 unspecified atom stereocenters. The molecule has 1 aliphatic carbocycles. The minimum atomic E-state index is -0.480. The lowest BCUT2D eigenvalue weighted by Crippen LogP contribution is -2.53. The molecule has 1 heterocycles. The molecule has 1 aromatic heterocycles. The predicted octanol–water partition coefficient (Wildman–Crippen LogP) is 1.34. The smallest absolute Gasteiger partial charge is 0.274 e. The van der Waals surface area contributed by atoms with Gasteiger partial charge in [-0.05, 0) is 38.7 Å². The molecule has 0 spiro atoms. The average Bonchev–Trinajstić information content (AvgIpc) is 3.38. The van der Waals surface area contributed by atoms with Gasteiger partial charge in [0, 0.05) is 18.7 Å². The molecule has 9 heteroatoms. The highest BCUT2D eigenvalue weighted by molar-refractivity contribution is 5.93. The lowest BCUT2D eigenvalue weighted by Gasteiger charge is -2.29. The third-order valence-corrected chi connectivity index (χ3v) is 4.70. The number of nitro benzene ring substituents is 1. The van der Waals surface area contributed by atoms with Crippen LogP contribution in [0, 0.1) is 23.0 Å². The quantitative estimate of drug-likeness (QED) is 0.601. The number of carbonyl (C=O) groups is 1. The van der Waals surface area contributed by atoms with E-state index in [0.717, 1.165) is 12.8 Å². The van der Waals surface area contributed by atoms with Crippen LogP contribution >= 0.6 is 0 Å². The Kier molecular flexibility index (Phi) is 4.25. The van der Waals surface area contributed by atoms with E-state index < -0.39 is 10.5 Å². The minimum Gasteiger partial charge on any atom is -0.344 e. The largest absolute Gasteiger partial charge is 0.344 e. The summed E-state index contributed by atoms with van der Waals surface area (Å²) in [5.41, 5.74) is 6.49. The molecule has 3 rings (SSSR count). The maximum atomic E-state index is 12.6. The Labute approximate surface area is 144 Å². The van der Waals surface area contributed by atoms with Gasteiger partial charge in [-0.15, -0.1) is 5.10 Å². The van der Waals surface area contributed by atoms with E-state index in [1.807, 2.05) is 6.92 Å². The van der Waals surface area contributed by atoms with E-state index >= 15 is 0 Å². The van der Waals surface area contributed by atoms with Crippen molar-refractivity contribution < 1.29 is 9.72 Å². The zero-order valence-electron chi connectivity index (χ0n) is 14.1. The highest BCUT2D eigenvalue weighted by Gasteiger charge is 2.42. The molecule has 0 aliphatic heterocycles. The molecule has 1 amide bonds. The Morgan fingerprint density at radius 1 is 1.52 bits per heavy atom. The van der Waals surface area contributed by atoms with Gasteiger partial charge in [-0.25, -0.2) is 4.68 Å². The second-order valence-electron chi connectivity index (χ2n) is 6.56. The van der Waals surface area contributed by atoms with Crippen molar-refractivity contribution in [2.24, 2.45) is 11.7 Å². The molecule has 132 valence electrons. The summed E-state index contributed by atoms with van der Waals surface area (Å²) >= 11 is 0. The zero-order chi connectivity index (χ0) is 18.2. The number of nitrogens with zero attached hydrogens (tertiary/aromatic N) is 4. The van der Waals surface area contributed by atoms with Crippen LogP contribution in [0.1, 0.15) is 35.9 Å². The molecule has 1 atom stereocenters. The second kappa shape index (κ2) is 6.25. The minimum absolute atomic E-state index is 0.0529. The van der Waals surface area contributed by atoms with Crippen molar-refractivity contribution in [1.82, 2.24) is 20.3 Å². The van der Waals surface area contributed by atoms with Gasteiger partial charge in [0.2, 0.25) is 0 Å². The molecular formula is C16H20N6O3. The number of carbonyl (C=O) groups excluding carboxylic acids is 1. The molecule has 25 heavy (non-hydrogen) atoms. The van der Waals surface area contributed by atoms with Gasteiger partial charge in [-0.3, -0.25) is 14.9 Å². The van der Waals surface area contributed by atoms with Gasteiger partial charge in [0.05, 0.1) is 21.8 Å². The average molecular weight is 344 g/mol. The van der Waals surface area contributed by atoms with E-state index in [-0.39, 0.29) is 17.3 Å². The second-order valence-corrected chi connectivity index (χ2v) is 6.56. The summed E-state index contributed by atoms with van der Waals surface area (Å²) in [6.07, 6.45) is 2.10. The van der Waals surface area contributed by atoms with E-state index in [1.165, 1.54) is 16.8 Å². The van der Waals surface area contributed by atoms with Gasteiger partial charge < -0.3 is 11.1 Å². The van der Waals surface area contributed by atoms with Crippen molar-refractivity contribution in [1.29, 1.82) is 0 Å². The standard InChI is InChI=1S/C16H20N6O3/c1-10-14(15(23)18-16(2,9-17)11-6-7-11)19-20-21(10)12-4-3-5-13(8-12)22(24)25/h3-5,8,11H,6-7,9,17H2,1-2H3,(H,18,23). The van der Waals surface area contributed by atoms with Crippen LogP contribution in [-0.2, 0) is 0 Å². The molecular weight excluding hydrogens is 324 g/mol. The summed E-state index contributed by atoms with van der Waals surface area (Å²) < 4.78 is 1.42. The lowest BCUT2D eigenvalue weighted by molar-refractivity contribution is -0.384. The van der Waals surface area contributed by atoms with Crippen LogP contribution in [0.15, 0.2) is 24.3 Å². The Morgan fingerprint density at radius 3 is 2.84 bits per heavy atom. The van der Waals surface area contributed by atoms with E-state index in [2.05, 4.69) is 15.6 Å². The van der Waals surface area contributed by atoms with Gasteiger partial charge in [-0.1, -0.05) is 11.3 Å². The van der Waals surface area contributed by atoms with Crippen LogP contribution < -0.4 is 11.1 Å². The van der Waals surface area contributed by atoms with Crippen LogP contribution in [-0.4, -0.2) is 37.9 Å². The summed E-state index contributed by atoms with van der Waals surface area (Å²) in [6, 6.07) is 6.01. The van der Waals surface area contributed by atoms with Crippen LogP contribution in [0.25, 0.3) is 5.69 Å². The molecule has 3 N–H and O–H groups in total. The van der Waals surface area contributed by atoms with Crippen LogP contribution in [0.2, 0.25) is 0 Å². The van der Waals surface area contributed by atoms with Crippen LogP contribution in [0.5, 0.6) is 0 Å². The van der Waals surface area contributed by atoms with E-state index in [1.54, 1.807) is 19.1 Å². The summed E-state index contributed by atoms with van der Waals surface area (Å²) in [4.78, 5) is 23.0. The third kappa shape index (κ3) is 3.22. The highest BCUT2D eigenvalue weighted by atomic mass is 16.6. The summed E-state index contributed by atoms with van der Waals surface area (Å²) in [5, 5.41) is 21.8. The fraction of sp³-hybridized carbons (Fsp3) is 0.438. The Morgan fingerprint density at radius 2 is 2.24 bits per heavy atom. The maximum absolute atomic E-state index is 12.6. The van der Waals surface area contributed by atoms with Gasteiger partial charge in [0.15, 0.2) is 5.69 Å². The first kappa shape index (κ1) is 17.0. The molecule has 0 bridgehead atoms. The third-order valence-electron chi connectivity index (χ3n) is 4.70. The number of rotatable bonds is 6. The van der Waals surface area contributed by atoms with Crippen molar-refractivity contribution in [2.45, 2.75) is 32.2 Å². The van der Waals surface area contributed by atoms with E-state index in [0.29, 0.717) is 23.8 Å². The van der Waals surface area contributed by atoms with Crippen molar-refractivity contribution in [3.8, 4) is 5.69 Å². The molecule has 0 saturated heterocycles. The maximum Gasteiger partial charge on any atom is 0.274 e. The predicted molar refractivity (Wildman–Crippen MR) is 90.4 cm³/mol. The Bertz CT molecular complexity index is 829. The lowest BCUT2D eigenvalue weighted by atomic mass is 9.95. The fourth-order valence-corrected chi connectivity index (χ4v) is 2.88. The normalized spacial score (nSPS) is 16.3. The highest BCUT2D eigenvalue weighted by Crippen LogP contribution is 2.39. The van der Waals surface area contributed by atoms with Crippen LogP contribution in [0.3, 0.4) is 0 Å². The zero-order valence-corrected chi connectivity index (χ0v) is 14.1. The van der Waals surface area contributed by atoms with Crippen molar-refractivity contribution in [3.05, 3.63) is 45.8 Å². The molecule has 9 nitrogen and oxygen atoms in total. The van der Waals surface area contributed by atoms with Gasteiger partial charge in [0.25, 0.3) is 11.6 Å². The number of amides is 1. The Hall–Kier alpha value is -2.81. The number of nitrogens with two attached hydrogens (primary N) is 1. The topological polar surface area (TPSA) is 129 Å². The van der Waals surface area contributed by atoms with Crippen molar-refractivity contribution in [3.63, 3.8) is 0 Å². The van der Waals surface area contributed by atoms with E-state index in [9.17, 15) is 14.9 Å². The monoisotopic (exact) mass is 344 g/mol. The number of non-ortho nitro benzene ring substituents is 1. The number of aromatic nitrogens is 3. The van der Waals surface area contributed by atoms with Gasteiger partial charge >= 0.3 is 0 Å². The molecule has 1 saturated carbocycles. The number of nitro groups is 1. The summed E-state index contributed by atoms with van der Waals surface area (Å²) in [6.45, 7) is 3.98. The molecule has 1 fully saturated rings. The summed E-state index contributed by atoms with van der Waals surface area (Å²) in [7, 11) is 0. The van der Waals surface area contributed by atoms with Crippen molar-refractivity contribution >= 4 is 11.6 Å². The molecule has 2 aromatic rings. The molecule has 1 aromatic carbocycles. The first-order chi connectivity index (χ1) is 11.9. The molecule has 1 aliphatic rings. The van der Waals surface area contributed by atoms with Gasteiger partial charge in [0.1, 0.15) is 0 Å². The fourth-order valence-electron chi connectivity index (χ4n) is 2.88. The first-order valence-electron chi connectivity index (χ1n) is 8.05. The molecule has 0 radical (unpaired) electrons. The van der Waals surface area contributed by atoms with Crippen LogP contribution in [0.4, 0.5) is 5.69 Å². The van der Waals surface area contributed by atoms with Gasteiger partial charge in [-0.2, -0.15) is 0 Å². The number of hydrogen-bond donors (Lipinski definition) is 2. The summed E-state index contributed by atoms with van der Waals surface area (Å²) in [5.74, 6) is 0.0441. The first-order valence-corrected chi connectivity index (χ1v) is 8.05. The number of nitrogens with one attached hydrogen (secondary N) is 1. The number of hydrogen-bond acceptors (Lipinski definition) is 6.